The molecule has 1 fully saturated rings. The van der Waals surface area contributed by atoms with Crippen molar-refractivity contribution in [1.29, 1.82) is 0 Å². The summed E-state index contributed by atoms with van der Waals surface area (Å²) >= 11 is 0. The Kier molecular flexibility index (Phi) is 3.48. The lowest BCUT2D eigenvalue weighted by molar-refractivity contribution is -0.364. The Morgan fingerprint density at radius 2 is 1.85 bits per heavy atom. The van der Waals surface area contributed by atoms with E-state index in [0.717, 1.165) is 53.9 Å². The van der Waals surface area contributed by atoms with Crippen LogP contribution in [0.15, 0.2) is 48.9 Å². The second-order valence-electron chi connectivity index (χ2n) is 6.82. The second kappa shape index (κ2) is 5.98. The maximum Gasteiger partial charge on any atom is 0.274 e. The Bertz CT molecular complexity index is 1060. The van der Waals surface area contributed by atoms with Crippen LogP contribution in [0.3, 0.4) is 0 Å². The topological polar surface area (TPSA) is 62.2 Å². The summed E-state index contributed by atoms with van der Waals surface area (Å²) in [6.07, 6.45) is 3.66. The third-order valence-corrected chi connectivity index (χ3v) is 5.13. The number of nitrogens with zero attached hydrogens (tertiary/aromatic N) is 4. The lowest BCUT2D eigenvalue weighted by atomic mass is 10.2. The highest BCUT2D eigenvalue weighted by Crippen LogP contribution is 2.30. The monoisotopic (exact) mass is 345 g/mol. The molecular weight excluding hydrogens is 324 g/mol. The first-order chi connectivity index (χ1) is 12.8. The molecule has 1 saturated heterocycles. The number of aryl methyl sites for hydroxylation is 1. The summed E-state index contributed by atoms with van der Waals surface area (Å²) in [5.74, 6) is 2.17. The molecule has 3 aromatic heterocycles. The van der Waals surface area contributed by atoms with E-state index in [-0.39, 0.29) is 0 Å². The molecule has 6 nitrogen and oxygen atoms in total. The molecule has 0 atom stereocenters. The maximum atomic E-state index is 4.60. The Labute approximate surface area is 151 Å². The number of nitrogens with one attached hydrogen (secondary N) is 2. The zero-order valence-electron chi connectivity index (χ0n) is 14.7. The molecular formula is C20H21N6+. The predicted octanol–water partition coefficient (Wildman–Crippen LogP) is 2.56. The van der Waals surface area contributed by atoms with Crippen LogP contribution >= 0.6 is 0 Å². The van der Waals surface area contributed by atoms with Gasteiger partial charge in [-0.05, 0) is 24.6 Å². The minimum Gasteiger partial charge on any atom is -0.350 e. The molecule has 1 aromatic carbocycles. The first kappa shape index (κ1) is 15.1. The number of piperazine rings is 1. The highest BCUT2D eigenvalue weighted by atomic mass is 15.3. The average molecular weight is 345 g/mol. The van der Waals surface area contributed by atoms with E-state index in [9.17, 15) is 0 Å². The lowest BCUT2D eigenvalue weighted by Gasteiger charge is -2.31. The molecule has 26 heavy (non-hydrogen) atoms. The van der Waals surface area contributed by atoms with Crippen molar-refractivity contribution < 1.29 is 4.98 Å². The van der Waals surface area contributed by atoms with Gasteiger partial charge in [-0.25, -0.2) is 15.0 Å². The van der Waals surface area contributed by atoms with Crippen LogP contribution in [0.25, 0.3) is 21.9 Å². The molecule has 130 valence electrons. The summed E-state index contributed by atoms with van der Waals surface area (Å²) < 4.78 is 0. The molecule has 0 unspecified atom stereocenters. The number of rotatable bonds is 2. The third kappa shape index (κ3) is 2.45. The second-order valence-corrected chi connectivity index (χ2v) is 6.82. The van der Waals surface area contributed by atoms with Crippen molar-refractivity contribution in [2.75, 3.05) is 36.0 Å². The van der Waals surface area contributed by atoms with Crippen molar-refractivity contribution in [3.05, 3.63) is 54.5 Å². The summed E-state index contributed by atoms with van der Waals surface area (Å²) in [4.78, 5) is 20.7. The molecule has 4 aromatic rings. The van der Waals surface area contributed by atoms with Crippen LogP contribution in [-0.4, -0.2) is 41.1 Å². The van der Waals surface area contributed by atoms with E-state index in [1.165, 1.54) is 11.4 Å². The number of H-pyrrole nitrogens is 2. The molecule has 6 heteroatoms. The van der Waals surface area contributed by atoms with Gasteiger partial charge in [-0.3, -0.25) is 4.90 Å². The van der Waals surface area contributed by atoms with Crippen LogP contribution in [0, 0.1) is 6.92 Å². The fourth-order valence-corrected chi connectivity index (χ4v) is 3.78. The standard InChI is InChI=1S/C20H20N6/c1-14-5-6-15-16(12-14)24-19-18(15)22-13-23-20(19)26-10-8-25(9-11-26)17-4-2-3-7-21-17/h2-7,12-13,24H,8-11H2,1H3/p+1. The largest absolute Gasteiger partial charge is 0.350 e. The number of benzene rings is 1. The van der Waals surface area contributed by atoms with E-state index < -0.39 is 0 Å². The van der Waals surface area contributed by atoms with E-state index in [1.807, 2.05) is 12.3 Å². The number of aromatic nitrogens is 4. The molecule has 0 saturated carbocycles. The summed E-state index contributed by atoms with van der Waals surface area (Å²) in [6.45, 7) is 5.90. The van der Waals surface area contributed by atoms with Gasteiger partial charge >= 0.3 is 0 Å². The van der Waals surface area contributed by atoms with Gasteiger partial charge in [0.2, 0.25) is 0 Å². The fourth-order valence-electron chi connectivity index (χ4n) is 3.78. The maximum absolute atomic E-state index is 4.60. The van der Waals surface area contributed by atoms with Gasteiger partial charge in [0.25, 0.3) is 5.82 Å². The van der Waals surface area contributed by atoms with Crippen LogP contribution in [-0.2, 0) is 0 Å². The van der Waals surface area contributed by atoms with Gasteiger partial charge < -0.3 is 9.88 Å². The number of hydrogen-bond acceptors (Lipinski definition) is 4. The van der Waals surface area contributed by atoms with Crippen LogP contribution < -0.4 is 14.8 Å². The van der Waals surface area contributed by atoms with Gasteiger partial charge in [-0.2, -0.15) is 0 Å². The van der Waals surface area contributed by atoms with Gasteiger partial charge in [0.15, 0.2) is 5.82 Å². The van der Waals surface area contributed by atoms with E-state index >= 15 is 0 Å². The quantitative estimate of drug-likeness (QED) is 0.606. The molecule has 2 N–H and O–H groups in total. The molecule has 0 bridgehead atoms. The van der Waals surface area contributed by atoms with Crippen molar-refractivity contribution >= 4 is 33.6 Å². The minimum atomic E-state index is 0.934. The predicted molar refractivity (Wildman–Crippen MR) is 104 cm³/mol. The molecule has 0 radical (unpaired) electrons. The van der Waals surface area contributed by atoms with Crippen molar-refractivity contribution in [1.82, 2.24) is 15.0 Å². The zero-order chi connectivity index (χ0) is 17.5. The van der Waals surface area contributed by atoms with Gasteiger partial charge in [0.1, 0.15) is 30.5 Å². The zero-order valence-corrected chi connectivity index (χ0v) is 14.7. The molecule has 4 heterocycles. The van der Waals surface area contributed by atoms with Crippen molar-refractivity contribution in [2.24, 2.45) is 0 Å². The molecule has 1 aliphatic rings. The van der Waals surface area contributed by atoms with Crippen LogP contribution in [0.4, 0.5) is 11.6 Å². The summed E-state index contributed by atoms with van der Waals surface area (Å²) in [5.41, 5.74) is 4.40. The number of hydrogen-bond donors (Lipinski definition) is 1. The molecule has 1 aliphatic heterocycles. The first-order valence-electron chi connectivity index (χ1n) is 8.99. The third-order valence-electron chi connectivity index (χ3n) is 5.13. The SMILES string of the molecule is Cc1ccc2c(c1)[nH]c1c(N3CCN(c4cccc[nH+]4)CC3)ncnc12. The Hall–Kier alpha value is -3.15. The number of aromatic amines is 2. The highest BCUT2D eigenvalue weighted by Gasteiger charge is 2.25. The molecule has 5 rings (SSSR count). The van der Waals surface area contributed by atoms with E-state index in [1.54, 1.807) is 6.33 Å². The van der Waals surface area contributed by atoms with Crippen LogP contribution in [0.1, 0.15) is 5.56 Å². The molecule has 0 spiro atoms. The normalized spacial score (nSPS) is 15.1. The number of anilines is 2. The van der Waals surface area contributed by atoms with Crippen molar-refractivity contribution in [3.8, 4) is 0 Å². The van der Waals surface area contributed by atoms with E-state index in [0.29, 0.717) is 0 Å². The number of fused-ring (bicyclic) bond motifs is 3. The lowest BCUT2D eigenvalue weighted by Crippen LogP contribution is -2.48. The molecule has 0 amide bonds. The first-order valence-corrected chi connectivity index (χ1v) is 8.99. The fraction of sp³-hybridized carbons (Fsp3) is 0.250. The highest BCUT2D eigenvalue weighted by molar-refractivity contribution is 6.08. The number of pyridine rings is 1. The summed E-state index contributed by atoms with van der Waals surface area (Å²) in [6, 6.07) is 12.6. The van der Waals surface area contributed by atoms with E-state index in [2.05, 4.69) is 67.0 Å². The van der Waals surface area contributed by atoms with E-state index in [4.69, 9.17) is 0 Å². The minimum absolute atomic E-state index is 0.934. The Morgan fingerprint density at radius 1 is 1.00 bits per heavy atom. The smallest absolute Gasteiger partial charge is 0.274 e. The Balaban J connectivity index is 1.47. The Morgan fingerprint density at radius 3 is 2.65 bits per heavy atom. The van der Waals surface area contributed by atoms with Gasteiger partial charge in [0, 0.05) is 17.0 Å². The van der Waals surface area contributed by atoms with Gasteiger partial charge in [0.05, 0.1) is 19.3 Å². The summed E-state index contributed by atoms with van der Waals surface area (Å²) in [5, 5.41) is 1.16. The van der Waals surface area contributed by atoms with Gasteiger partial charge in [-0.15, -0.1) is 0 Å². The van der Waals surface area contributed by atoms with Gasteiger partial charge in [-0.1, -0.05) is 18.2 Å². The van der Waals surface area contributed by atoms with Crippen molar-refractivity contribution in [3.63, 3.8) is 0 Å². The van der Waals surface area contributed by atoms with Crippen molar-refractivity contribution in [2.45, 2.75) is 6.92 Å². The molecule has 0 aliphatic carbocycles. The van der Waals surface area contributed by atoms with Crippen LogP contribution in [0.5, 0.6) is 0 Å². The van der Waals surface area contributed by atoms with Crippen LogP contribution in [0.2, 0.25) is 0 Å². The average Bonchev–Trinajstić information content (AvgIpc) is 3.06. The summed E-state index contributed by atoms with van der Waals surface area (Å²) in [7, 11) is 0.